The second kappa shape index (κ2) is 10.6. The van der Waals surface area contributed by atoms with Crippen LogP contribution >= 0.6 is 0 Å². The normalized spacial score (nSPS) is 17.5. The van der Waals surface area contributed by atoms with Crippen LogP contribution in [0.15, 0.2) is 47.9 Å². The molecule has 0 N–H and O–H groups in total. The van der Waals surface area contributed by atoms with E-state index in [1.807, 2.05) is 0 Å². The molecule has 3 aromatic rings. The molecule has 0 saturated carbocycles. The van der Waals surface area contributed by atoms with Gasteiger partial charge >= 0.3 is 6.09 Å². The molecule has 0 bridgehead atoms. The van der Waals surface area contributed by atoms with Crippen LogP contribution in [0.4, 0.5) is 23.8 Å². The van der Waals surface area contributed by atoms with Gasteiger partial charge in [0.05, 0.1) is 31.4 Å². The van der Waals surface area contributed by atoms with Crippen LogP contribution in [-0.2, 0) is 11.3 Å². The lowest BCUT2D eigenvalue weighted by Crippen LogP contribution is -2.38. The Morgan fingerprint density at radius 2 is 1.93 bits per heavy atom. The zero-order valence-corrected chi connectivity index (χ0v) is 23.4. The predicted octanol–water partition coefficient (Wildman–Crippen LogP) is 6.32. The lowest BCUT2D eigenvalue weighted by atomic mass is 9.95. The molecule has 4 heterocycles. The fraction of sp³-hybridized carbons (Fsp3) is 0.379. The number of hydrogen-bond acceptors (Lipinski definition) is 7. The van der Waals surface area contributed by atoms with Gasteiger partial charge in [0.25, 0.3) is 6.43 Å². The average molecular weight is 570 g/mol. The van der Waals surface area contributed by atoms with Crippen molar-refractivity contribution in [2.75, 3.05) is 18.1 Å². The number of fused-ring (bicyclic) bond motifs is 3. The molecule has 12 heteroatoms. The molecule has 1 amide bonds. The number of carbonyl (C=O) groups is 1. The van der Waals surface area contributed by atoms with Gasteiger partial charge in [0, 0.05) is 28.0 Å². The second-order valence-corrected chi connectivity index (χ2v) is 10.9. The average Bonchev–Trinajstić information content (AvgIpc) is 3.54. The van der Waals surface area contributed by atoms with Gasteiger partial charge in [-0.15, -0.1) is 10.2 Å². The van der Waals surface area contributed by atoms with E-state index in [0.717, 1.165) is 0 Å². The summed E-state index contributed by atoms with van der Waals surface area (Å²) in [5.41, 5.74) is 1.11. The minimum absolute atomic E-state index is 0.112. The molecule has 5 rings (SSSR count). The summed E-state index contributed by atoms with van der Waals surface area (Å²) < 4.78 is 61.3. The van der Waals surface area contributed by atoms with Crippen LogP contribution < -0.4 is 14.4 Å². The highest BCUT2D eigenvalue weighted by atomic mass is 19.3. The number of alkyl halides is 2. The molecule has 41 heavy (non-hydrogen) atoms. The summed E-state index contributed by atoms with van der Waals surface area (Å²) >= 11 is 0. The van der Waals surface area contributed by atoms with Crippen molar-refractivity contribution in [3.05, 3.63) is 65.4 Å². The summed E-state index contributed by atoms with van der Waals surface area (Å²) in [5, 5.41) is 8.30. The lowest BCUT2D eigenvalue weighted by molar-refractivity contribution is 0.0574. The summed E-state index contributed by atoms with van der Waals surface area (Å²) in [6.07, 6.45) is -0.598. The molecule has 0 saturated heterocycles. The van der Waals surface area contributed by atoms with Crippen molar-refractivity contribution < 1.29 is 32.2 Å². The van der Waals surface area contributed by atoms with Crippen molar-refractivity contribution in [3.8, 4) is 11.5 Å². The van der Waals surface area contributed by atoms with E-state index in [1.54, 1.807) is 39.8 Å². The Balaban J connectivity index is 1.77. The molecule has 1 aromatic carbocycles. The Kier molecular flexibility index (Phi) is 7.26. The van der Waals surface area contributed by atoms with Gasteiger partial charge in [0.15, 0.2) is 17.2 Å². The minimum atomic E-state index is -2.73. The highest BCUT2D eigenvalue weighted by molar-refractivity contribution is 5.93. The van der Waals surface area contributed by atoms with Gasteiger partial charge in [-0.25, -0.2) is 18.0 Å². The Morgan fingerprint density at radius 1 is 1.22 bits per heavy atom. The quantitative estimate of drug-likeness (QED) is 0.270. The lowest BCUT2D eigenvalue weighted by Gasteiger charge is -2.29. The number of aromatic nitrogens is 3. The first-order valence-corrected chi connectivity index (χ1v) is 13.0. The Bertz CT molecular complexity index is 1610. The second-order valence-electron chi connectivity index (χ2n) is 10.9. The summed E-state index contributed by atoms with van der Waals surface area (Å²) in [6, 6.07) is 4.51. The number of rotatable bonds is 4. The number of ether oxygens (including phenoxy) is 3. The number of nitrogens with zero attached hydrogens (tertiary/aromatic N) is 5. The van der Waals surface area contributed by atoms with Gasteiger partial charge in [0.1, 0.15) is 23.5 Å². The van der Waals surface area contributed by atoms with Crippen LogP contribution in [0.5, 0.6) is 11.5 Å². The zero-order chi connectivity index (χ0) is 29.6. The maximum Gasteiger partial charge on any atom is 0.416 e. The van der Waals surface area contributed by atoms with Gasteiger partial charge in [0.2, 0.25) is 0 Å². The standard InChI is InChI=1S/C29H30F3N5O4/c1-7-18(15(2)34-16(3)25(31)32)19-10-23-27(37-14-33-35-26(19)37)36(28(38)41-29(4,5)6)11-20-21(30)8-9-22-24(20)17(12-39-22)13-40-23/h7-10,14,17,25H,1,11-13H2,2-6H3/b18-15+,34-16+/t17-/m1/s1. The van der Waals surface area contributed by atoms with E-state index in [9.17, 15) is 13.6 Å². The van der Waals surface area contributed by atoms with Gasteiger partial charge in [-0.1, -0.05) is 12.7 Å². The van der Waals surface area contributed by atoms with Gasteiger partial charge < -0.3 is 14.2 Å². The van der Waals surface area contributed by atoms with E-state index in [4.69, 9.17) is 14.2 Å². The van der Waals surface area contributed by atoms with E-state index in [0.29, 0.717) is 22.4 Å². The molecule has 2 aromatic heterocycles. The number of anilines is 1. The Labute approximate surface area is 234 Å². The van der Waals surface area contributed by atoms with E-state index in [-0.39, 0.29) is 59.9 Å². The number of amides is 1. The fourth-order valence-corrected chi connectivity index (χ4v) is 4.99. The molecule has 0 unspecified atom stereocenters. The molecule has 9 nitrogen and oxygen atoms in total. The van der Waals surface area contributed by atoms with E-state index in [1.165, 1.54) is 34.7 Å². The summed E-state index contributed by atoms with van der Waals surface area (Å²) in [7, 11) is 0. The van der Waals surface area contributed by atoms with Crippen molar-refractivity contribution in [2.45, 2.75) is 59.1 Å². The van der Waals surface area contributed by atoms with E-state index >= 15 is 4.39 Å². The number of pyridine rings is 1. The smallest absolute Gasteiger partial charge is 0.416 e. The largest absolute Gasteiger partial charge is 0.493 e. The van der Waals surface area contributed by atoms with Crippen LogP contribution in [0.1, 0.15) is 57.2 Å². The van der Waals surface area contributed by atoms with Crippen LogP contribution in [0, 0.1) is 5.82 Å². The number of allylic oxidation sites excluding steroid dienone is 3. The van der Waals surface area contributed by atoms with Gasteiger partial charge in [-0.3, -0.25) is 14.3 Å². The molecule has 216 valence electrons. The summed E-state index contributed by atoms with van der Waals surface area (Å²) in [6.45, 7) is 12.1. The SMILES string of the molecule is C=C/C(=C(C)\N=C(/C)C(F)F)c1cc2c(n3cnnc13)N(C(=O)OC(C)(C)C)Cc1c(F)ccc3c1[C@H](CO3)CO2. The molecule has 2 aliphatic rings. The molecule has 1 atom stereocenters. The highest BCUT2D eigenvalue weighted by Crippen LogP contribution is 2.43. The molecule has 2 aliphatic heterocycles. The van der Waals surface area contributed by atoms with Crippen LogP contribution in [0.25, 0.3) is 11.2 Å². The number of carbonyl (C=O) groups excluding carboxylic acids is 1. The van der Waals surface area contributed by atoms with Gasteiger partial charge in [-0.2, -0.15) is 0 Å². The monoisotopic (exact) mass is 569 g/mol. The summed E-state index contributed by atoms with van der Waals surface area (Å²) in [4.78, 5) is 19.1. The first kappa shape index (κ1) is 28.2. The van der Waals surface area contributed by atoms with Crippen LogP contribution in [-0.4, -0.2) is 51.6 Å². The van der Waals surface area contributed by atoms with Crippen molar-refractivity contribution in [1.29, 1.82) is 0 Å². The minimum Gasteiger partial charge on any atom is -0.493 e. The van der Waals surface area contributed by atoms with Crippen LogP contribution in [0.3, 0.4) is 0 Å². The molecular weight excluding hydrogens is 539 g/mol. The zero-order valence-electron chi connectivity index (χ0n) is 23.4. The van der Waals surface area contributed by atoms with Crippen LogP contribution in [0.2, 0.25) is 0 Å². The van der Waals surface area contributed by atoms with Gasteiger partial charge in [-0.05, 0) is 52.8 Å². The number of benzene rings is 1. The first-order valence-electron chi connectivity index (χ1n) is 13.0. The maximum absolute atomic E-state index is 15.4. The van der Waals surface area contributed by atoms with Crippen molar-refractivity contribution in [2.24, 2.45) is 4.99 Å². The third-order valence-corrected chi connectivity index (χ3v) is 6.79. The number of hydrogen-bond donors (Lipinski definition) is 0. The molecule has 0 aliphatic carbocycles. The first-order chi connectivity index (χ1) is 19.4. The fourth-order valence-electron chi connectivity index (χ4n) is 4.99. The molecule has 0 radical (unpaired) electrons. The third kappa shape index (κ3) is 5.25. The Hall–Kier alpha value is -4.35. The highest BCUT2D eigenvalue weighted by Gasteiger charge is 2.37. The number of halogens is 3. The van der Waals surface area contributed by atoms with E-state index in [2.05, 4.69) is 21.8 Å². The molecular formula is C29H30F3N5O4. The molecule has 0 spiro atoms. The number of aliphatic imine (C=N–C) groups is 1. The van der Waals surface area contributed by atoms with Crippen molar-refractivity contribution in [3.63, 3.8) is 0 Å². The van der Waals surface area contributed by atoms with Crippen molar-refractivity contribution in [1.82, 2.24) is 14.6 Å². The van der Waals surface area contributed by atoms with Crippen molar-refractivity contribution >= 4 is 28.8 Å². The topological polar surface area (TPSA) is 90.6 Å². The summed E-state index contributed by atoms with van der Waals surface area (Å²) in [5.74, 6) is 0.181. The third-order valence-electron chi connectivity index (χ3n) is 6.79. The van der Waals surface area contributed by atoms with E-state index < -0.39 is 23.9 Å². The maximum atomic E-state index is 15.4. The Morgan fingerprint density at radius 3 is 2.59 bits per heavy atom. The predicted molar refractivity (Wildman–Crippen MR) is 147 cm³/mol. The molecule has 0 fully saturated rings.